The van der Waals surface area contributed by atoms with Crippen LogP contribution in [-0.2, 0) is 21.2 Å². The topological polar surface area (TPSA) is 81.4 Å². The van der Waals surface area contributed by atoms with Crippen LogP contribution in [0, 0.1) is 0 Å². The van der Waals surface area contributed by atoms with Crippen molar-refractivity contribution in [2.75, 3.05) is 12.3 Å². The van der Waals surface area contributed by atoms with Gasteiger partial charge < -0.3 is 10.5 Å². The number of aryl methyl sites for hydroxylation is 1. The predicted octanol–water partition coefficient (Wildman–Crippen LogP) is 1.29. The molecule has 0 spiro atoms. The van der Waals surface area contributed by atoms with E-state index >= 15 is 0 Å². The predicted molar refractivity (Wildman–Crippen MR) is 74.4 cm³/mol. The molecule has 2 rings (SSSR count). The first-order valence-electron chi connectivity index (χ1n) is 6.46. The molecule has 6 heteroatoms. The molecule has 1 fully saturated rings. The molecular weight excluding hydrogens is 264 g/mol. The Balaban J connectivity index is 2.31. The summed E-state index contributed by atoms with van der Waals surface area (Å²) in [6, 6.07) is 4.83. The fraction of sp³-hybridized carbons (Fsp3) is 0.538. The van der Waals surface area contributed by atoms with Crippen LogP contribution in [0.15, 0.2) is 23.1 Å². The van der Waals surface area contributed by atoms with E-state index in [1.165, 1.54) is 6.07 Å². The zero-order valence-corrected chi connectivity index (χ0v) is 12.0. The maximum atomic E-state index is 12.4. The summed E-state index contributed by atoms with van der Waals surface area (Å²) in [5, 5.41) is 0. The monoisotopic (exact) mass is 284 g/mol. The van der Waals surface area contributed by atoms with Gasteiger partial charge in [0.1, 0.15) is 0 Å². The fourth-order valence-corrected chi connectivity index (χ4v) is 3.95. The van der Waals surface area contributed by atoms with Gasteiger partial charge in [-0.25, -0.2) is 13.1 Å². The van der Waals surface area contributed by atoms with Gasteiger partial charge in [-0.3, -0.25) is 0 Å². The third kappa shape index (κ3) is 3.08. The summed E-state index contributed by atoms with van der Waals surface area (Å²) in [6.45, 7) is 4.39. The highest BCUT2D eigenvalue weighted by molar-refractivity contribution is 7.89. The van der Waals surface area contributed by atoms with E-state index in [0.29, 0.717) is 25.1 Å². The van der Waals surface area contributed by atoms with Gasteiger partial charge in [0.15, 0.2) is 0 Å². The van der Waals surface area contributed by atoms with Gasteiger partial charge in [-0.2, -0.15) is 0 Å². The number of benzene rings is 1. The molecule has 2 atom stereocenters. The van der Waals surface area contributed by atoms with E-state index < -0.39 is 10.0 Å². The minimum atomic E-state index is -3.55. The Morgan fingerprint density at radius 1 is 1.47 bits per heavy atom. The number of hydrogen-bond acceptors (Lipinski definition) is 4. The zero-order chi connectivity index (χ0) is 14.0. The number of ether oxygens (including phenoxy) is 1. The summed E-state index contributed by atoms with van der Waals surface area (Å²) >= 11 is 0. The molecule has 1 heterocycles. The van der Waals surface area contributed by atoms with Gasteiger partial charge >= 0.3 is 0 Å². The number of nitrogens with one attached hydrogen (secondary N) is 1. The van der Waals surface area contributed by atoms with Crippen LogP contribution in [0.1, 0.15) is 25.8 Å². The van der Waals surface area contributed by atoms with Crippen molar-refractivity contribution in [2.45, 2.75) is 43.7 Å². The van der Waals surface area contributed by atoms with Gasteiger partial charge in [0, 0.05) is 12.3 Å². The van der Waals surface area contributed by atoms with Crippen molar-refractivity contribution in [1.29, 1.82) is 0 Å². The second kappa shape index (κ2) is 5.48. The third-order valence-corrected chi connectivity index (χ3v) is 5.02. The van der Waals surface area contributed by atoms with Gasteiger partial charge in [0.05, 0.1) is 17.0 Å². The van der Waals surface area contributed by atoms with Crippen molar-refractivity contribution in [1.82, 2.24) is 4.72 Å². The molecule has 5 nitrogen and oxygen atoms in total. The van der Waals surface area contributed by atoms with Crippen molar-refractivity contribution in [3.05, 3.63) is 23.8 Å². The first-order valence-corrected chi connectivity index (χ1v) is 7.94. The van der Waals surface area contributed by atoms with Gasteiger partial charge in [0.2, 0.25) is 10.0 Å². The van der Waals surface area contributed by atoms with Gasteiger partial charge in [0.25, 0.3) is 0 Å². The number of hydrogen-bond donors (Lipinski definition) is 2. The molecule has 3 N–H and O–H groups in total. The van der Waals surface area contributed by atoms with Crippen molar-refractivity contribution in [3.63, 3.8) is 0 Å². The molecule has 0 aromatic heterocycles. The van der Waals surface area contributed by atoms with Crippen molar-refractivity contribution in [2.24, 2.45) is 0 Å². The van der Waals surface area contributed by atoms with Crippen LogP contribution < -0.4 is 10.5 Å². The smallest absolute Gasteiger partial charge is 0.241 e. The highest BCUT2D eigenvalue weighted by atomic mass is 32.2. The lowest BCUT2D eigenvalue weighted by Crippen LogP contribution is -2.39. The highest BCUT2D eigenvalue weighted by Gasteiger charge is 2.30. The van der Waals surface area contributed by atoms with E-state index in [1.54, 1.807) is 12.1 Å². The summed E-state index contributed by atoms with van der Waals surface area (Å²) < 4.78 is 33.0. The van der Waals surface area contributed by atoms with Gasteiger partial charge in [-0.1, -0.05) is 13.0 Å². The molecule has 1 aromatic carbocycles. The minimum Gasteiger partial charge on any atom is -0.399 e. The maximum absolute atomic E-state index is 12.4. The van der Waals surface area contributed by atoms with E-state index in [-0.39, 0.29) is 17.0 Å². The number of anilines is 1. The quantitative estimate of drug-likeness (QED) is 0.816. The van der Waals surface area contributed by atoms with Crippen LogP contribution in [-0.4, -0.2) is 27.2 Å². The summed E-state index contributed by atoms with van der Waals surface area (Å²) in [4.78, 5) is 0.272. The normalized spacial score (nSPS) is 23.7. The molecule has 106 valence electrons. The highest BCUT2D eigenvalue weighted by Crippen LogP contribution is 2.22. The lowest BCUT2D eigenvalue weighted by atomic mass is 10.1. The molecule has 0 radical (unpaired) electrons. The van der Waals surface area contributed by atoms with E-state index in [1.807, 2.05) is 13.8 Å². The molecular formula is C13H20N2O3S. The molecule has 0 amide bonds. The van der Waals surface area contributed by atoms with Crippen molar-refractivity contribution in [3.8, 4) is 0 Å². The molecule has 2 unspecified atom stereocenters. The molecule has 19 heavy (non-hydrogen) atoms. The van der Waals surface area contributed by atoms with Crippen LogP contribution >= 0.6 is 0 Å². The first kappa shape index (κ1) is 14.3. The number of nitrogens with two attached hydrogens (primary N) is 1. The Hall–Kier alpha value is -1.11. The Morgan fingerprint density at radius 2 is 2.21 bits per heavy atom. The summed E-state index contributed by atoms with van der Waals surface area (Å²) in [7, 11) is -3.55. The second-order valence-corrected chi connectivity index (χ2v) is 6.50. The Bertz CT molecular complexity index is 557. The summed E-state index contributed by atoms with van der Waals surface area (Å²) in [5.74, 6) is 0. The van der Waals surface area contributed by atoms with E-state index in [9.17, 15) is 8.42 Å². The fourth-order valence-electron chi connectivity index (χ4n) is 2.26. The number of nitrogen functional groups attached to an aromatic ring is 1. The van der Waals surface area contributed by atoms with Crippen LogP contribution in [0.2, 0.25) is 0 Å². The lowest BCUT2D eigenvalue weighted by Gasteiger charge is -2.18. The average molecular weight is 284 g/mol. The van der Waals surface area contributed by atoms with Crippen LogP contribution in [0.5, 0.6) is 0 Å². The zero-order valence-electron chi connectivity index (χ0n) is 11.2. The summed E-state index contributed by atoms with van der Waals surface area (Å²) in [6.07, 6.45) is 1.25. The van der Waals surface area contributed by atoms with Crippen LogP contribution in [0.3, 0.4) is 0 Å². The molecule has 0 aliphatic carbocycles. The second-order valence-electron chi connectivity index (χ2n) is 4.81. The maximum Gasteiger partial charge on any atom is 0.241 e. The number of sulfonamides is 1. The van der Waals surface area contributed by atoms with Crippen molar-refractivity contribution < 1.29 is 13.2 Å². The van der Waals surface area contributed by atoms with Crippen LogP contribution in [0.4, 0.5) is 5.69 Å². The minimum absolute atomic E-state index is 0.0964. The molecule has 1 aromatic rings. The van der Waals surface area contributed by atoms with E-state index in [0.717, 1.165) is 5.56 Å². The van der Waals surface area contributed by atoms with Crippen LogP contribution in [0.25, 0.3) is 0 Å². The molecule has 1 saturated heterocycles. The van der Waals surface area contributed by atoms with Gasteiger partial charge in [-0.15, -0.1) is 0 Å². The van der Waals surface area contributed by atoms with Crippen molar-refractivity contribution >= 4 is 15.7 Å². The number of rotatable bonds is 4. The third-order valence-electron chi connectivity index (χ3n) is 3.44. The Labute approximate surface area is 114 Å². The SMILES string of the molecule is CCc1ccc(N)cc1S(=O)(=O)NC1CCOC1C. The lowest BCUT2D eigenvalue weighted by molar-refractivity contribution is 0.117. The molecule has 0 bridgehead atoms. The standard InChI is InChI=1S/C13H20N2O3S/c1-3-10-4-5-11(14)8-13(10)19(16,17)15-12-6-7-18-9(12)2/h4-5,8-9,12,15H,3,6-7,14H2,1-2H3. The molecule has 1 aliphatic rings. The van der Waals surface area contributed by atoms with E-state index in [4.69, 9.17) is 10.5 Å². The molecule has 1 aliphatic heterocycles. The van der Waals surface area contributed by atoms with Gasteiger partial charge in [-0.05, 0) is 37.5 Å². The Morgan fingerprint density at radius 3 is 2.79 bits per heavy atom. The Kier molecular flexibility index (Phi) is 4.13. The first-order chi connectivity index (χ1) is 8.94. The van der Waals surface area contributed by atoms with E-state index in [2.05, 4.69) is 4.72 Å². The summed E-state index contributed by atoms with van der Waals surface area (Å²) in [5.41, 5.74) is 6.92. The molecule has 0 saturated carbocycles. The largest absolute Gasteiger partial charge is 0.399 e. The average Bonchev–Trinajstić information content (AvgIpc) is 2.74.